The number of aliphatic carboxylic acids is 1. The summed E-state index contributed by atoms with van der Waals surface area (Å²) >= 11 is 0. The lowest BCUT2D eigenvalue weighted by Gasteiger charge is -2.29. The molecule has 0 spiro atoms. The van der Waals surface area contributed by atoms with Crippen molar-refractivity contribution in [1.82, 2.24) is 10.2 Å². The second-order valence-corrected chi connectivity index (χ2v) is 4.88. The predicted molar refractivity (Wildman–Crippen MR) is 69.2 cm³/mol. The fraction of sp³-hybridized carbons (Fsp3) is 0.692. The summed E-state index contributed by atoms with van der Waals surface area (Å²) in [7, 11) is 0. The molecular weight excluding hydrogens is 232 g/mol. The molecule has 1 fully saturated rings. The minimum absolute atomic E-state index is 0.345. The molecular formula is C13H22N2O3. The first-order chi connectivity index (χ1) is 8.58. The van der Waals surface area contributed by atoms with Crippen molar-refractivity contribution in [2.75, 3.05) is 26.2 Å². The van der Waals surface area contributed by atoms with Crippen LogP contribution < -0.4 is 5.32 Å². The van der Waals surface area contributed by atoms with Crippen molar-refractivity contribution in [2.24, 2.45) is 5.92 Å². The summed E-state index contributed by atoms with van der Waals surface area (Å²) in [6.45, 7) is 5.96. The molecule has 5 nitrogen and oxygen atoms in total. The minimum Gasteiger partial charge on any atom is -0.478 e. The first kappa shape index (κ1) is 14.7. The highest BCUT2D eigenvalue weighted by Gasteiger charge is 2.13. The van der Waals surface area contributed by atoms with E-state index in [0.717, 1.165) is 31.8 Å². The van der Waals surface area contributed by atoms with Crippen LogP contribution in [0.2, 0.25) is 0 Å². The topological polar surface area (TPSA) is 69.6 Å². The van der Waals surface area contributed by atoms with Gasteiger partial charge in [-0.25, -0.2) is 4.79 Å². The molecule has 1 unspecified atom stereocenters. The normalized spacial score (nSPS) is 18.7. The van der Waals surface area contributed by atoms with Crippen LogP contribution in [-0.2, 0) is 9.59 Å². The fourth-order valence-electron chi connectivity index (χ4n) is 2.13. The highest BCUT2D eigenvalue weighted by Crippen LogP contribution is 2.10. The summed E-state index contributed by atoms with van der Waals surface area (Å²) in [4.78, 5) is 23.9. The van der Waals surface area contributed by atoms with Gasteiger partial charge in [0, 0.05) is 25.2 Å². The third-order valence-corrected chi connectivity index (χ3v) is 3.02. The van der Waals surface area contributed by atoms with Gasteiger partial charge < -0.3 is 15.3 Å². The largest absolute Gasteiger partial charge is 0.478 e. The van der Waals surface area contributed by atoms with Crippen molar-refractivity contribution in [2.45, 2.75) is 26.2 Å². The molecule has 1 aliphatic heterocycles. The van der Waals surface area contributed by atoms with Crippen molar-refractivity contribution in [1.29, 1.82) is 0 Å². The lowest BCUT2D eigenvalue weighted by Crippen LogP contribution is -2.37. The Hall–Kier alpha value is -1.36. The predicted octanol–water partition coefficient (Wildman–Crippen LogP) is 0.865. The zero-order chi connectivity index (χ0) is 13.4. The number of carbonyl (C=O) groups excluding carboxylic acids is 1. The number of amides is 1. The number of carbonyl (C=O) groups is 2. The monoisotopic (exact) mass is 254 g/mol. The molecule has 1 aliphatic rings. The molecule has 1 atom stereocenters. The molecule has 1 heterocycles. The molecule has 0 bridgehead atoms. The Morgan fingerprint density at radius 1 is 1.28 bits per heavy atom. The zero-order valence-electron chi connectivity index (χ0n) is 10.9. The Morgan fingerprint density at radius 2 is 1.94 bits per heavy atom. The summed E-state index contributed by atoms with van der Waals surface area (Å²) in [5.41, 5.74) is 0. The molecule has 0 aliphatic carbocycles. The van der Waals surface area contributed by atoms with Crippen LogP contribution in [0.3, 0.4) is 0 Å². The second-order valence-electron chi connectivity index (χ2n) is 4.88. The first-order valence-corrected chi connectivity index (χ1v) is 6.49. The quantitative estimate of drug-likeness (QED) is 0.690. The molecule has 0 saturated carbocycles. The van der Waals surface area contributed by atoms with E-state index in [-0.39, 0.29) is 5.91 Å². The highest BCUT2D eigenvalue weighted by atomic mass is 16.4. The molecule has 1 rings (SSSR count). The molecule has 102 valence electrons. The number of hydrogen-bond donors (Lipinski definition) is 2. The fourth-order valence-corrected chi connectivity index (χ4v) is 2.13. The SMILES string of the molecule is CC(CNC(=O)/C=C/C(=O)O)CN1CCCCC1. The Bertz CT molecular complexity index is 309. The van der Waals surface area contributed by atoms with Crippen LogP contribution in [0.15, 0.2) is 12.2 Å². The van der Waals surface area contributed by atoms with Gasteiger partial charge in [0.05, 0.1) is 0 Å². The Morgan fingerprint density at radius 3 is 2.56 bits per heavy atom. The van der Waals surface area contributed by atoms with Crippen molar-refractivity contribution < 1.29 is 14.7 Å². The Balaban J connectivity index is 2.17. The Labute approximate surface area is 108 Å². The van der Waals surface area contributed by atoms with E-state index in [1.165, 1.54) is 19.3 Å². The van der Waals surface area contributed by atoms with E-state index in [1.54, 1.807) is 0 Å². The first-order valence-electron chi connectivity index (χ1n) is 6.49. The van der Waals surface area contributed by atoms with Crippen LogP contribution in [0.1, 0.15) is 26.2 Å². The molecule has 0 radical (unpaired) electrons. The summed E-state index contributed by atoms with van der Waals surface area (Å²) < 4.78 is 0. The number of carboxylic acid groups (broad SMARTS) is 1. The number of rotatable bonds is 6. The minimum atomic E-state index is -1.11. The van der Waals surface area contributed by atoms with E-state index in [2.05, 4.69) is 17.1 Å². The number of carboxylic acids is 1. The standard InChI is InChI=1S/C13H22N2O3/c1-11(10-15-7-3-2-4-8-15)9-14-12(16)5-6-13(17)18/h5-6,11H,2-4,7-10H2,1H3,(H,14,16)(H,17,18)/b6-5+. The van der Waals surface area contributed by atoms with Gasteiger partial charge in [0.2, 0.25) is 5.91 Å². The maximum absolute atomic E-state index is 11.3. The highest BCUT2D eigenvalue weighted by molar-refractivity contribution is 5.93. The third kappa shape index (κ3) is 6.39. The van der Waals surface area contributed by atoms with Gasteiger partial charge in [-0.3, -0.25) is 4.79 Å². The van der Waals surface area contributed by atoms with Crippen LogP contribution in [-0.4, -0.2) is 48.1 Å². The molecule has 1 saturated heterocycles. The summed E-state index contributed by atoms with van der Waals surface area (Å²) in [5.74, 6) is -1.07. The molecule has 2 N–H and O–H groups in total. The lowest BCUT2D eigenvalue weighted by atomic mass is 10.1. The van der Waals surface area contributed by atoms with E-state index < -0.39 is 5.97 Å². The second kappa shape index (κ2) is 7.87. The van der Waals surface area contributed by atoms with Crippen molar-refractivity contribution in [3.05, 3.63) is 12.2 Å². The zero-order valence-corrected chi connectivity index (χ0v) is 10.9. The van der Waals surface area contributed by atoms with E-state index >= 15 is 0 Å². The number of nitrogens with one attached hydrogen (secondary N) is 1. The van der Waals surface area contributed by atoms with E-state index in [9.17, 15) is 9.59 Å². The van der Waals surface area contributed by atoms with Gasteiger partial charge in [0.15, 0.2) is 0 Å². The van der Waals surface area contributed by atoms with Gasteiger partial charge in [0.1, 0.15) is 0 Å². The van der Waals surface area contributed by atoms with Crippen LogP contribution in [0.5, 0.6) is 0 Å². The average molecular weight is 254 g/mol. The lowest BCUT2D eigenvalue weighted by molar-refractivity contribution is -0.131. The summed E-state index contributed by atoms with van der Waals surface area (Å²) in [6.07, 6.45) is 5.75. The molecule has 5 heteroatoms. The van der Waals surface area contributed by atoms with Crippen molar-refractivity contribution in [3.63, 3.8) is 0 Å². The van der Waals surface area contributed by atoms with Crippen molar-refractivity contribution in [3.8, 4) is 0 Å². The van der Waals surface area contributed by atoms with Crippen molar-refractivity contribution >= 4 is 11.9 Å². The van der Waals surface area contributed by atoms with Gasteiger partial charge in [-0.1, -0.05) is 13.3 Å². The average Bonchev–Trinajstić information content (AvgIpc) is 2.35. The molecule has 0 aromatic rings. The molecule has 1 amide bonds. The number of likely N-dealkylation sites (tertiary alicyclic amines) is 1. The molecule has 0 aromatic carbocycles. The van der Waals surface area contributed by atoms with Crippen LogP contribution in [0, 0.1) is 5.92 Å². The van der Waals surface area contributed by atoms with E-state index in [1.807, 2.05) is 0 Å². The maximum Gasteiger partial charge on any atom is 0.328 e. The van der Waals surface area contributed by atoms with Gasteiger partial charge >= 0.3 is 5.97 Å². The smallest absolute Gasteiger partial charge is 0.328 e. The third-order valence-electron chi connectivity index (χ3n) is 3.02. The van der Waals surface area contributed by atoms with Gasteiger partial charge in [-0.05, 0) is 31.8 Å². The van der Waals surface area contributed by atoms with Gasteiger partial charge in [0.25, 0.3) is 0 Å². The number of hydrogen-bond acceptors (Lipinski definition) is 3. The van der Waals surface area contributed by atoms with E-state index in [0.29, 0.717) is 12.5 Å². The number of nitrogens with zero attached hydrogens (tertiary/aromatic N) is 1. The van der Waals surface area contributed by atoms with Crippen LogP contribution in [0.25, 0.3) is 0 Å². The Kier molecular flexibility index (Phi) is 6.43. The van der Waals surface area contributed by atoms with Gasteiger partial charge in [-0.2, -0.15) is 0 Å². The summed E-state index contributed by atoms with van der Waals surface area (Å²) in [6, 6.07) is 0. The van der Waals surface area contributed by atoms with Crippen LogP contribution >= 0.6 is 0 Å². The molecule has 0 aromatic heterocycles. The molecule has 18 heavy (non-hydrogen) atoms. The van der Waals surface area contributed by atoms with Crippen LogP contribution in [0.4, 0.5) is 0 Å². The number of piperidine rings is 1. The van der Waals surface area contributed by atoms with Gasteiger partial charge in [-0.15, -0.1) is 0 Å². The van der Waals surface area contributed by atoms with E-state index in [4.69, 9.17) is 5.11 Å². The maximum atomic E-state index is 11.3. The summed E-state index contributed by atoms with van der Waals surface area (Å²) in [5, 5.41) is 11.1.